The molecule has 5 nitrogen and oxygen atoms in total. The third-order valence-corrected chi connectivity index (χ3v) is 7.47. The predicted octanol–water partition coefficient (Wildman–Crippen LogP) is 1.89. The Morgan fingerprint density at radius 3 is 2.56 bits per heavy atom. The minimum Gasteiger partial charge on any atom is -0.396 e. The molecule has 3 aliphatic heterocycles. The number of ether oxygens (including phenoxy) is 1. The van der Waals surface area contributed by atoms with E-state index in [9.17, 15) is 9.90 Å². The van der Waals surface area contributed by atoms with Crippen LogP contribution in [0.3, 0.4) is 0 Å². The van der Waals surface area contributed by atoms with E-state index in [1.165, 1.54) is 32.1 Å². The molecule has 25 heavy (non-hydrogen) atoms. The van der Waals surface area contributed by atoms with Crippen LogP contribution in [0.4, 0.5) is 0 Å². The topological polar surface area (TPSA) is 53.0 Å². The van der Waals surface area contributed by atoms with Gasteiger partial charge in [0.25, 0.3) is 0 Å². The molecule has 142 valence electrons. The van der Waals surface area contributed by atoms with Crippen LogP contribution < -0.4 is 0 Å². The van der Waals surface area contributed by atoms with Crippen molar-refractivity contribution in [2.75, 3.05) is 46.0 Å². The maximum Gasteiger partial charge on any atom is 0.225 e. The van der Waals surface area contributed by atoms with Crippen LogP contribution >= 0.6 is 0 Å². The summed E-state index contributed by atoms with van der Waals surface area (Å²) >= 11 is 0. The van der Waals surface area contributed by atoms with Gasteiger partial charge in [-0.2, -0.15) is 0 Å². The first-order chi connectivity index (χ1) is 12.2. The molecular formula is C20H34N2O3. The summed E-state index contributed by atoms with van der Waals surface area (Å²) in [6, 6.07) is 0.772. The molecule has 0 bridgehead atoms. The summed E-state index contributed by atoms with van der Waals surface area (Å²) in [6.45, 7) is 5.30. The van der Waals surface area contributed by atoms with Gasteiger partial charge in [0.1, 0.15) is 0 Å². The molecule has 1 amide bonds. The number of hydrogen-bond donors (Lipinski definition) is 1. The Balaban J connectivity index is 1.32. The van der Waals surface area contributed by atoms with Crippen molar-refractivity contribution in [3.8, 4) is 0 Å². The standard InChI is InChI=1S/C20H34N2O3/c23-15-20-8-11-25-13-17(20)12-22(14-20)19(24)16-6-9-21(10-7-16)18-4-2-1-3-5-18/h16-18,23H,1-15H2/t17-,20-/m1/s1. The normalized spacial score (nSPS) is 35.7. The van der Waals surface area contributed by atoms with Crippen molar-refractivity contribution in [2.45, 2.75) is 57.4 Å². The van der Waals surface area contributed by atoms with Crippen molar-refractivity contribution in [1.82, 2.24) is 9.80 Å². The fourth-order valence-electron chi connectivity index (χ4n) is 5.69. The van der Waals surface area contributed by atoms with E-state index in [0.717, 1.165) is 58.1 Å². The monoisotopic (exact) mass is 350 g/mol. The van der Waals surface area contributed by atoms with Crippen LogP contribution in [0.2, 0.25) is 0 Å². The van der Waals surface area contributed by atoms with Crippen LogP contribution in [-0.2, 0) is 9.53 Å². The van der Waals surface area contributed by atoms with Gasteiger partial charge < -0.3 is 19.6 Å². The van der Waals surface area contributed by atoms with E-state index in [1.807, 2.05) is 0 Å². The van der Waals surface area contributed by atoms with Crippen molar-refractivity contribution >= 4 is 5.91 Å². The van der Waals surface area contributed by atoms with E-state index in [2.05, 4.69) is 9.80 Å². The summed E-state index contributed by atoms with van der Waals surface area (Å²) in [5, 5.41) is 9.94. The molecule has 4 aliphatic rings. The number of aliphatic hydroxyl groups is 1. The predicted molar refractivity (Wildman–Crippen MR) is 96.2 cm³/mol. The zero-order chi connectivity index (χ0) is 17.3. The zero-order valence-electron chi connectivity index (χ0n) is 15.5. The maximum atomic E-state index is 13.1. The number of aliphatic hydroxyl groups excluding tert-OH is 1. The SMILES string of the molecule is O=C(C1CCN(C2CCCCC2)CC1)N1C[C@@H]2COCC[C@]2(CO)C1. The van der Waals surface area contributed by atoms with Crippen LogP contribution in [0.5, 0.6) is 0 Å². The number of hydrogen-bond acceptors (Lipinski definition) is 4. The molecule has 3 heterocycles. The second kappa shape index (κ2) is 7.53. The molecule has 4 rings (SSSR count). The Morgan fingerprint density at radius 1 is 1.12 bits per heavy atom. The summed E-state index contributed by atoms with van der Waals surface area (Å²) < 4.78 is 5.61. The van der Waals surface area contributed by atoms with Gasteiger partial charge in [-0.25, -0.2) is 0 Å². The van der Waals surface area contributed by atoms with E-state index < -0.39 is 0 Å². The lowest BCUT2D eigenvalue weighted by Crippen LogP contribution is -2.46. The lowest BCUT2D eigenvalue weighted by atomic mass is 9.75. The molecule has 3 saturated heterocycles. The summed E-state index contributed by atoms with van der Waals surface area (Å²) in [5.41, 5.74) is -0.100. The molecule has 4 fully saturated rings. The summed E-state index contributed by atoms with van der Waals surface area (Å²) in [6.07, 6.45) is 9.78. The highest BCUT2D eigenvalue weighted by molar-refractivity contribution is 5.79. The third-order valence-electron chi connectivity index (χ3n) is 7.47. The van der Waals surface area contributed by atoms with E-state index in [1.54, 1.807) is 0 Å². The van der Waals surface area contributed by atoms with Crippen LogP contribution in [0, 0.1) is 17.3 Å². The van der Waals surface area contributed by atoms with Crippen LogP contribution in [-0.4, -0.2) is 72.9 Å². The minimum atomic E-state index is -0.100. The number of nitrogens with zero attached hydrogens (tertiary/aromatic N) is 2. The molecule has 0 aromatic rings. The molecule has 1 saturated carbocycles. The second-order valence-electron chi connectivity index (χ2n) is 8.86. The van der Waals surface area contributed by atoms with E-state index in [-0.39, 0.29) is 17.9 Å². The van der Waals surface area contributed by atoms with Gasteiger partial charge in [0.15, 0.2) is 0 Å². The Labute approximate surface area is 151 Å². The Kier molecular flexibility index (Phi) is 5.35. The minimum absolute atomic E-state index is 0.100. The van der Waals surface area contributed by atoms with Gasteiger partial charge in [0, 0.05) is 43.0 Å². The molecule has 0 spiro atoms. The van der Waals surface area contributed by atoms with Crippen LogP contribution in [0.15, 0.2) is 0 Å². The lowest BCUT2D eigenvalue weighted by Gasteiger charge is -2.39. The molecule has 0 unspecified atom stereocenters. The van der Waals surface area contributed by atoms with Gasteiger partial charge in [-0.3, -0.25) is 4.79 Å². The number of amides is 1. The van der Waals surface area contributed by atoms with Crippen molar-refractivity contribution < 1.29 is 14.6 Å². The highest BCUT2D eigenvalue weighted by atomic mass is 16.5. The first-order valence-corrected chi connectivity index (χ1v) is 10.4. The maximum absolute atomic E-state index is 13.1. The third kappa shape index (κ3) is 3.47. The molecule has 1 N–H and O–H groups in total. The van der Waals surface area contributed by atoms with Gasteiger partial charge >= 0.3 is 0 Å². The van der Waals surface area contributed by atoms with Crippen LogP contribution in [0.25, 0.3) is 0 Å². The van der Waals surface area contributed by atoms with Gasteiger partial charge in [0.05, 0.1) is 13.2 Å². The largest absolute Gasteiger partial charge is 0.396 e. The van der Waals surface area contributed by atoms with E-state index >= 15 is 0 Å². The molecule has 5 heteroatoms. The molecule has 1 aliphatic carbocycles. The van der Waals surface area contributed by atoms with Gasteiger partial charge in [0.2, 0.25) is 5.91 Å². The number of fused-ring (bicyclic) bond motifs is 1. The molecule has 0 aromatic carbocycles. The van der Waals surface area contributed by atoms with Crippen LogP contribution in [0.1, 0.15) is 51.4 Å². The number of carbonyl (C=O) groups is 1. The Bertz CT molecular complexity index is 472. The number of carbonyl (C=O) groups excluding carboxylic acids is 1. The number of rotatable bonds is 3. The molecule has 0 radical (unpaired) electrons. The van der Waals surface area contributed by atoms with Crippen molar-refractivity contribution in [3.05, 3.63) is 0 Å². The van der Waals surface area contributed by atoms with Gasteiger partial charge in [-0.05, 0) is 45.2 Å². The highest BCUT2D eigenvalue weighted by Gasteiger charge is 2.50. The summed E-state index contributed by atoms with van der Waals surface area (Å²) in [4.78, 5) is 17.8. The highest BCUT2D eigenvalue weighted by Crippen LogP contribution is 2.42. The lowest BCUT2D eigenvalue weighted by molar-refractivity contribution is -0.136. The first kappa shape index (κ1) is 17.7. The molecule has 0 aromatic heterocycles. The van der Waals surface area contributed by atoms with Crippen molar-refractivity contribution in [1.29, 1.82) is 0 Å². The molecule has 2 atom stereocenters. The van der Waals surface area contributed by atoms with Crippen molar-refractivity contribution in [3.63, 3.8) is 0 Å². The number of likely N-dealkylation sites (tertiary alicyclic amines) is 2. The smallest absolute Gasteiger partial charge is 0.225 e. The van der Waals surface area contributed by atoms with E-state index in [4.69, 9.17) is 4.74 Å². The average Bonchev–Trinajstić information content (AvgIpc) is 3.08. The Morgan fingerprint density at radius 2 is 1.88 bits per heavy atom. The van der Waals surface area contributed by atoms with E-state index in [0.29, 0.717) is 18.4 Å². The average molecular weight is 351 g/mol. The fraction of sp³-hybridized carbons (Fsp3) is 0.950. The van der Waals surface area contributed by atoms with Crippen molar-refractivity contribution in [2.24, 2.45) is 17.3 Å². The second-order valence-corrected chi connectivity index (χ2v) is 8.86. The Hall–Kier alpha value is -0.650. The number of piperidine rings is 1. The van der Waals surface area contributed by atoms with Gasteiger partial charge in [-0.1, -0.05) is 19.3 Å². The fourth-order valence-corrected chi connectivity index (χ4v) is 5.69. The quantitative estimate of drug-likeness (QED) is 0.844. The van der Waals surface area contributed by atoms with Gasteiger partial charge in [-0.15, -0.1) is 0 Å². The molecular weight excluding hydrogens is 316 g/mol. The zero-order valence-corrected chi connectivity index (χ0v) is 15.5. The summed E-state index contributed by atoms with van der Waals surface area (Å²) in [5.74, 6) is 0.847. The first-order valence-electron chi connectivity index (χ1n) is 10.4. The summed E-state index contributed by atoms with van der Waals surface area (Å²) in [7, 11) is 0.